The maximum atomic E-state index is 10.7. The first-order chi connectivity index (χ1) is 13.3. The second-order valence-corrected chi connectivity index (χ2v) is 7.69. The lowest BCUT2D eigenvalue weighted by molar-refractivity contribution is 0.142. The smallest absolute Gasteiger partial charge is 0.488 e. The normalized spacial score (nSPS) is 10.7. The third-order valence-corrected chi connectivity index (χ3v) is 4.97. The van der Waals surface area contributed by atoms with E-state index in [2.05, 4.69) is 25.8 Å². The Balaban J connectivity index is 1.81. The molecule has 2 aromatic carbocycles. The molecule has 3 rings (SSSR count). The van der Waals surface area contributed by atoms with Crippen LogP contribution in [0.4, 0.5) is 4.79 Å². The Bertz CT molecular complexity index is 1020. The van der Waals surface area contributed by atoms with E-state index in [1.807, 2.05) is 31.2 Å². The fourth-order valence-electron chi connectivity index (χ4n) is 2.55. The average Bonchev–Trinajstić information content (AvgIpc) is 2.94. The van der Waals surface area contributed by atoms with Gasteiger partial charge < -0.3 is 14.6 Å². The first kappa shape index (κ1) is 20.5. The number of aryl methyl sites for hydroxylation is 1. The van der Waals surface area contributed by atoms with Gasteiger partial charge in [-0.25, -0.2) is 4.79 Å². The van der Waals surface area contributed by atoms with E-state index in [1.54, 1.807) is 22.9 Å². The molecule has 0 aliphatic heterocycles. The number of carboxylic acid groups (broad SMARTS) is 1. The van der Waals surface area contributed by atoms with Crippen LogP contribution in [-0.2, 0) is 13.2 Å². The Labute approximate surface area is 179 Å². The third kappa shape index (κ3) is 5.19. The van der Waals surface area contributed by atoms with Gasteiger partial charge in [0.05, 0.1) is 6.54 Å². The van der Waals surface area contributed by atoms with Gasteiger partial charge in [0.15, 0.2) is 0 Å². The molecule has 0 atom stereocenters. The van der Waals surface area contributed by atoms with Gasteiger partial charge in [-0.15, -0.1) is 5.10 Å². The van der Waals surface area contributed by atoms with Gasteiger partial charge in [-0.1, -0.05) is 45.2 Å². The van der Waals surface area contributed by atoms with E-state index in [1.165, 1.54) is 0 Å². The highest BCUT2D eigenvalue weighted by molar-refractivity contribution is 9.10. The number of nitrogens with zero attached hydrogens (tertiary/aromatic N) is 2. The van der Waals surface area contributed by atoms with Crippen LogP contribution in [0.25, 0.3) is 0 Å². The summed E-state index contributed by atoms with van der Waals surface area (Å²) in [6.07, 6.45) is -1.41. The Morgan fingerprint density at radius 3 is 2.68 bits per heavy atom. The monoisotopic (exact) mass is 484 g/mol. The van der Waals surface area contributed by atoms with Crippen molar-refractivity contribution in [3.05, 3.63) is 73.8 Å². The highest BCUT2D eigenvalue weighted by atomic mass is 79.9. The van der Waals surface area contributed by atoms with Crippen molar-refractivity contribution in [1.29, 1.82) is 0 Å². The van der Waals surface area contributed by atoms with Gasteiger partial charge in [0.25, 0.3) is 0 Å². The van der Waals surface area contributed by atoms with E-state index in [9.17, 15) is 4.79 Å². The lowest BCUT2D eigenvalue weighted by Gasteiger charge is -2.14. The molecule has 9 heteroatoms. The minimum Gasteiger partial charge on any atom is -0.488 e. The molecule has 1 aromatic heterocycles. The predicted molar refractivity (Wildman–Crippen MR) is 110 cm³/mol. The molecule has 1 heterocycles. The second-order valence-electron chi connectivity index (χ2n) is 5.93. The number of benzene rings is 2. The van der Waals surface area contributed by atoms with E-state index in [-0.39, 0.29) is 12.5 Å². The van der Waals surface area contributed by atoms with Crippen LogP contribution < -0.4 is 9.47 Å². The molecule has 0 bridgehead atoms. The molecule has 3 aromatic rings. The van der Waals surface area contributed by atoms with Crippen molar-refractivity contribution in [1.82, 2.24) is 9.78 Å². The summed E-state index contributed by atoms with van der Waals surface area (Å²) in [5.41, 5.74) is 2.42. The van der Waals surface area contributed by atoms with Gasteiger partial charge in [-0.3, -0.25) is 4.68 Å². The van der Waals surface area contributed by atoms with E-state index in [0.29, 0.717) is 22.3 Å². The fraction of sp³-hybridized carbons (Fsp3) is 0.158. The molecule has 0 aliphatic rings. The minimum absolute atomic E-state index is 0.0235. The van der Waals surface area contributed by atoms with Gasteiger partial charge >= 0.3 is 6.16 Å². The number of carbonyl (C=O) groups is 1. The van der Waals surface area contributed by atoms with Gasteiger partial charge in [-0.2, -0.15) is 0 Å². The zero-order valence-corrected chi connectivity index (χ0v) is 17.8. The maximum absolute atomic E-state index is 10.7. The Morgan fingerprint density at radius 1 is 1.18 bits per heavy atom. The van der Waals surface area contributed by atoms with Crippen LogP contribution >= 0.6 is 39.1 Å². The molecule has 0 unspecified atom stereocenters. The molecule has 0 amide bonds. The van der Waals surface area contributed by atoms with Crippen molar-refractivity contribution in [3.63, 3.8) is 0 Å². The molecule has 0 saturated heterocycles. The van der Waals surface area contributed by atoms with Crippen molar-refractivity contribution < 1.29 is 19.4 Å². The molecule has 6 nitrogen and oxygen atoms in total. The summed E-state index contributed by atoms with van der Waals surface area (Å²) in [6.45, 7) is 2.46. The summed E-state index contributed by atoms with van der Waals surface area (Å²) in [4.78, 5) is 10.7. The Kier molecular flexibility index (Phi) is 6.49. The van der Waals surface area contributed by atoms with Crippen molar-refractivity contribution in [3.8, 4) is 11.6 Å². The van der Waals surface area contributed by atoms with Crippen LogP contribution in [-0.4, -0.2) is 21.0 Å². The van der Waals surface area contributed by atoms with Crippen LogP contribution in [0.2, 0.25) is 10.0 Å². The summed E-state index contributed by atoms with van der Waals surface area (Å²) in [6, 6.07) is 12.4. The number of ether oxygens (including phenoxy) is 2. The van der Waals surface area contributed by atoms with E-state index >= 15 is 0 Å². The highest BCUT2D eigenvalue weighted by Gasteiger charge is 2.13. The minimum atomic E-state index is -1.41. The van der Waals surface area contributed by atoms with Crippen LogP contribution in [0.3, 0.4) is 0 Å². The molecule has 0 fully saturated rings. The van der Waals surface area contributed by atoms with Crippen molar-refractivity contribution in [2.75, 3.05) is 0 Å². The Morgan fingerprint density at radius 2 is 1.96 bits per heavy atom. The number of rotatable bonds is 6. The molecule has 0 spiro atoms. The van der Waals surface area contributed by atoms with Crippen LogP contribution in [0.5, 0.6) is 11.6 Å². The molecule has 0 saturated carbocycles. The second kappa shape index (κ2) is 8.86. The van der Waals surface area contributed by atoms with Crippen molar-refractivity contribution >= 4 is 45.3 Å². The number of hydrogen-bond acceptors (Lipinski definition) is 4. The molecule has 28 heavy (non-hydrogen) atoms. The molecular formula is C19H15BrCl2N2O4. The molecule has 0 aliphatic carbocycles. The topological polar surface area (TPSA) is 73.6 Å². The standard InChI is InChI=1S/C19H15BrCl2N2O4/c1-11-6-18(28-19(25)26)23-24(11)9-13-7-14(20)3-5-17(13)27-10-12-2-4-15(21)8-16(12)22/h2-8H,9-10H2,1H3,(H,25,26). The summed E-state index contributed by atoms with van der Waals surface area (Å²) in [5, 5.41) is 14.0. The SMILES string of the molecule is Cc1cc(OC(=O)O)nn1Cc1cc(Br)ccc1OCc1ccc(Cl)cc1Cl. The highest BCUT2D eigenvalue weighted by Crippen LogP contribution is 2.28. The van der Waals surface area contributed by atoms with Crippen LogP contribution in [0.1, 0.15) is 16.8 Å². The van der Waals surface area contributed by atoms with Gasteiger partial charge in [0, 0.05) is 37.4 Å². The van der Waals surface area contributed by atoms with Crippen LogP contribution in [0.15, 0.2) is 46.9 Å². The van der Waals surface area contributed by atoms with Crippen LogP contribution in [0, 0.1) is 6.92 Å². The molecule has 1 N–H and O–H groups in total. The van der Waals surface area contributed by atoms with Gasteiger partial charge in [0.1, 0.15) is 12.4 Å². The third-order valence-electron chi connectivity index (χ3n) is 3.89. The Hall–Kier alpha value is -2.22. The maximum Gasteiger partial charge on any atom is 0.512 e. The van der Waals surface area contributed by atoms with Gasteiger partial charge in [-0.05, 0) is 37.3 Å². The molecule has 0 radical (unpaired) electrons. The number of halogens is 3. The van der Waals surface area contributed by atoms with Gasteiger partial charge in [0.2, 0.25) is 5.88 Å². The van der Waals surface area contributed by atoms with E-state index in [0.717, 1.165) is 21.3 Å². The predicted octanol–water partition coefficient (Wildman–Crippen LogP) is 5.94. The largest absolute Gasteiger partial charge is 0.512 e. The lowest BCUT2D eigenvalue weighted by atomic mass is 10.2. The molecular weight excluding hydrogens is 471 g/mol. The fourth-order valence-corrected chi connectivity index (χ4v) is 3.42. The average molecular weight is 486 g/mol. The first-order valence-corrected chi connectivity index (χ1v) is 9.67. The number of aromatic nitrogens is 2. The first-order valence-electron chi connectivity index (χ1n) is 8.12. The summed E-state index contributed by atoms with van der Waals surface area (Å²) >= 11 is 15.6. The van der Waals surface area contributed by atoms with E-state index < -0.39 is 6.16 Å². The summed E-state index contributed by atoms with van der Waals surface area (Å²) in [5.74, 6) is 0.681. The van der Waals surface area contributed by atoms with E-state index in [4.69, 9.17) is 33.0 Å². The zero-order chi connectivity index (χ0) is 20.3. The quantitative estimate of drug-likeness (QED) is 0.437. The van der Waals surface area contributed by atoms with Crippen molar-refractivity contribution in [2.45, 2.75) is 20.1 Å². The summed E-state index contributed by atoms with van der Waals surface area (Å²) in [7, 11) is 0. The zero-order valence-electron chi connectivity index (χ0n) is 14.7. The molecule has 146 valence electrons. The number of hydrogen-bond donors (Lipinski definition) is 1. The summed E-state index contributed by atoms with van der Waals surface area (Å²) < 4.78 is 13.1. The lowest BCUT2D eigenvalue weighted by Crippen LogP contribution is -2.08. The van der Waals surface area contributed by atoms with Crippen molar-refractivity contribution in [2.24, 2.45) is 0 Å².